The van der Waals surface area contributed by atoms with E-state index in [1.54, 1.807) is 11.4 Å². The molecule has 0 bridgehead atoms. The second kappa shape index (κ2) is 6.33. The van der Waals surface area contributed by atoms with Crippen LogP contribution in [0.3, 0.4) is 0 Å². The number of carbonyl (C=O) groups is 1. The monoisotopic (exact) mass is 379 g/mol. The van der Waals surface area contributed by atoms with Crippen molar-refractivity contribution in [3.8, 4) is 5.69 Å². The van der Waals surface area contributed by atoms with Gasteiger partial charge in [0.25, 0.3) is 5.56 Å². The Bertz CT molecular complexity index is 1350. The third-order valence-electron chi connectivity index (χ3n) is 5.01. The number of fused-ring (bicyclic) bond motifs is 3. The van der Waals surface area contributed by atoms with Crippen molar-refractivity contribution in [3.63, 3.8) is 0 Å². The molecular formula is C20H21N5O3. The molecule has 4 aromatic rings. The van der Waals surface area contributed by atoms with Crippen LogP contribution in [0.15, 0.2) is 40.1 Å². The number of hydrogen-bond donors (Lipinski definition) is 0. The van der Waals surface area contributed by atoms with Gasteiger partial charge in [-0.1, -0.05) is 19.1 Å². The Labute approximate surface area is 160 Å². The average molecular weight is 379 g/mol. The molecule has 0 aliphatic carbocycles. The lowest BCUT2D eigenvalue weighted by atomic mass is 10.1. The van der Waals surface area contributed by atoms with E-state index in [4.69, 9.17) is 0 Å². The van der Waals surface area contributed by atoms with Crippen LogP contribution in [0.2, 0.25) is 0 Å². The maximum absolute atomic E-state index is 13.0. The van der Waals surface area contributed by atoms with Gasteiger partial charge < -0.3 is 0 Å². The number of carbonyl (C=O) groups excluding carboxylic acids is 1. The van der Waals surface area contributed by atoms with E-state index in [1.807, 2.05) is 29.8 Å². The number of ketones is 1. The fourth-order valence-electron chi connectivity index (χ4n) is 3.57. The van der Waals surface area contributed by atoms with Crippen LogP contribution in [0.25, 0.3) is 22.6 Å². The normalized spacial score (nSPS) is 11.6. The first-order chi connectivity index (χ1) is 13.3. The minimum atomic E-state index is -0.552. The summed E-state index contributed by atoms with van der Waals surface area (Å²) in [6, 6.07) is 8.14. The van der Waals surface area contributed by atoms with Crippen LogP contribution in [0.1, 0.15) is 25.1 Å². The van der Waals surface area contributed by atoms with E-state index >= 15 is 0 Å². The quantitative estimate of drug-likeness (QED) is 0.539. The van der Waals surface area contributed by atoms with Crippen LogP contribution in [-0.4, -0.2) is 28.9 Å². The van der Waals surface area contributed by atoms with Gasteiger partial charge in [0, 0.05) is 24.6 Å². The maximum Gasteiger partial charge on any atom is 0.332 e. The maximum atomic E-state index is 13.0. The second-order valence-corrected chi connectivity index (χ2v) is 7.01. The summed E-state index contributed by atoms with van der Waals surface area (Å²) in [5.74, 6) is 0.286. The Balaban J connectivity index is 2.07. The molecule has 28 heavy (non-hydrogen) atoms. The predicted molar refractivity (Wildman–Crippen MR) is 106 cm³/mol. The van der Waals surface area contributed by atoms with E-state index in [1.165, 1.54) is 17.1 Å². The van der Waals surface area contributed by atoms with Crippen LogP contribution in [0.4, 0.5) is 0 Å². The van der Waals surface area contributed by atoms with E-state index in [0.29, 0.717) is 11.4 Å². The van der Waals surface area contributed by atoms with E-state index in [-0.39, 0.29) is 17.8 Å². The van der Waals surface area contributed by atoms with Gasteiger partial charge in [-0.15, -0.1) is 0 Å². The molecule has 0 atom stereocenters. The van der Waals surface area contributed by atoms with Crippen LogP contribution in [0.5, 0.6) is 0 Å². The zero-order chi connectivity index (χ0) is 20.2. The zero-order valence-electron chi connectivity index (χ0n) is 16.3. The van der Waals surface area contributed by atoms with Gasteiger partial charge in [-0.3, -0.25) is 27.7 Å². The first-order valence-corrected chi connectivity index (χ1v) is 9.12. The molecule has 0 aliphatic heterocycles. The fourth-order valence-corrected chi connectivity index (χ4v) is 3.57. The Hall–Kier alpha value is -3.42. The predicted octanol–water partition coefficient (Wildman–Crippen LogP) is 1.60. The van der Waals surface area contributed by atoms with Crippen LogP contribution in [0, 0.1) is 6.92 Å². The Kier molecular flexibility index (Phi) is 4.06. The molecule has 3 aromatic heterocycles. The highest BCUT2D eigenvalue weighted by molar-refractivity contribution is 5.78. The minimum Gasteiger partial charge on any atom is -0.298 e. The SMILES string of the molecule is CCc1ccc(-n2c(C)cn3c4c(=O)n(CC(C)=O)c(=O)n(C)c4nc23)cc1. The second-order valence-electron chi connectivity index (χ2n) is 7.01. The summed E-state index contributed by atoms with van der Waals surface area (Å²) in [4.78, 5) is 41.6. The molecule has 0 N–H and O–H groups in total. The summed E-state index contributed by atoms with van der Waals surface area (Å²) >= 11 is 0. The molecule has 0 saturated heterocycles. The van der Waals surface area contributed by atoms with Gasteiger partial charge in [-0.05, 0) is 38.0 Å². The highest BCUT2D eigenvalue weighted by Crippen LogP contribution is 2.21. The van der Waals surface area contributed by atoms with Crippen molar-refractivity contribution in [3.05, 3.63) is 62.6 Å². The molecule has 3 heterocycles. The van der Waals surface area contributed by atoms with Gasteiger partial charge in [0.05, 0.1) is 6.54 Å². The molecule has 0 spiro atoms. The minimum absolute atomic E-state index is 0.257. The summed E-state index contributed by atoms with van der Waals surface area (Å²) in [5, 5.41) is 0. The molecule has 8 heteroatoms. The first kappa shape index (κ1) is 18.0. The summed E-state index contributed by atoms with van der Waals surface area (Å²) in [5.41, 5.74) is 2.57. The van der Waals surface area contributed by atoms with Crippen molar-refractivity contribution in [2.45, 2.75) is 33.7 Å². The largest absolute Gasteiger partial charge is 0.332 e. The van der Waals surface area contributed by atoms with Crippen LogP contribution < -0.4 is 11.2 Å². The topological polar surface area (TPSA) is 83.3 Å². The molecule has 0 aliphatic rings. The van der Waals surface area contributed by atoms with Gasteiger partial charge in [-0.2, -0.15) is 4.98 Å². The number of imidazole rings is 2. The van der Waals surface area contributed by atoms with Crippen LogP contribution in [-0.2, 0) is 24.8 Å². The third kappa shape index (κ3) is 2.52. The highest BCUT2D eigenvalue weighted by atomic mass is 16.2. The van der Waals surface area contributed by atoms with Crippen molar-refractivity contribution >= 4 is 22.7 Å². The van der Waals surface area contributed by atoms with Crippen molar-refractivity contribution in [2.75, 3.05) is 0 Å². The highest BCUT2D eigenvalue weighted by Gasteiger charge is 2.21. The molecule has 0 fully saturated rings. The Morgan fingerprint density at radius 2 is 1.82 bits per heavy atom. The van der Waals surface area contributed by atoms with Gasteiger partial charge in [0.1, 0.15) is 5.78 Å². The van der Waals surface area contributed by atoms with Gasteiger partial charge in [0.15, 0.2) is 11.2 Å². The van der Waals surface area contributed by atoms with Gasteiger partial charge in [-0.25, -0.2) is 4.79 Å². The average Bonchev–Trinajstić information content (AvgIpc) is 3.18. The molecule has 0 unspecified atom stereocenters. The van der Waals surface area contributed by atoms with Crippen molar-refractivity contribution in [1.82, 2.24) is 23.1 Å². The van der Waals surface area contributed by atoms with Gasteiger partial charge in [0.2, 0.25) is 5.78 Å². The van der Waals surface area contributed by atoms with Crippen LogP contribution >= 0.6 is 0 Å². The molecular weight excluding hydrogens is 358 g/mol. The molecule has 0 amide bonds. The van der Waals surface area contributed by atoms with Crippen molar-refractivity contribution in [1.29, 1.82) is 0 Å². The summed E-state index contributed by atoms with van der Waals surface area (Å²) in [6.07, 6.45) is 2.77. The van der Waals surface area contributed by atoms with E-state index < -0.39 is 11.2 Å². The standard InChI is InChI=1S/C20H21N5O3/c1-5-14-6-8-15(9-7-14)25-12(2)10-23-16-17(21-19(23)25)22(4)20(28)24(18(16)27)11-13(3)26/h6-10H,5,11H2,1-4H3. The molecule has 8 nitrogen and oxygen atoms in total. The number of rotatable bonds is 4. The zero-order valence-corrected chi connectivity index (χ0v) is 16.3. The van der Waals surface area contributed by atoms with E-state index in [9.17, 15) is 14.4 Å². The lowest BCUT2D eigenvalue weighted by Gasteiger charge is -2.07. The number of benzene rings is 1. The van der Waals surface area contributed by atoms with E-state index in [0.717, 1.165) is 22.4 Å². The fraction of sp³-hybridized carbons (Fsp3) is 0.300. The number of hydrogen-bond acceptors (Lipinski definition) is 4. The molecule has 1 aromatic carbocycles. The number of aryl methyl sites for hydroxylation is 3. The molecule has 144 valence electrons. The van der Waals surface area contributed by atoms with Crippen molar-refractivity contribution in [2.24, 2.45) is 7.05 Å². The first-order valence-electron chi connectivity index (χ1n) is 9.12. The number of nitrogens with zero attached hydrogens (tertiary/aromatic N) is 5. The summed E-state index contributed by atoms with van der Waals surface area (Å²) < 4.78 is 5.91. The van der Waals surface area contributed by atoms with Gasteiger partial charge >= 0.3 is 5.69 Å². The molecule has 0 radical (unpaired) electrons. The number of aromatic nitrogens is 5. The Morgan fingerprint density at radius 1 is 1.14 bits per heavy atom. The Morgan fingerprint density at radius 3 is 2.43 bits per heavy atom. The van der Waals surface area contributed by atoms with Crippen molar-refractivity contribution < 1.29 is 4.79 Å². The third-order valence-corrected chi connectivity index (χ3v) is 5.01. The molecule has 0 saturated carbocycles. The number of Topliss-reactive ketones (excluding diaryl/α,β-unsaturated/α-hetero) is 1. The smallest absolute Gasteiger partial charge is 0.298 e. The molecule has 4 rings (SSSR count). The van der Waals surface area contributed by atoms with E-state index in [2.05, 4.69) is 24.0 Å². The summed E-state index contributed by atoms with van der Waals surface area (Å²) in [6.45, 7) is 5.13. The lowest BCUT2D eigenvalue weighted by Crippen LogP contribution is -2.40. The lowest BCUT2D eigenvalue weighted by molar-refractivity contribution is -0.117. The summed E-state index contributed by atoms with van der Waals surface area (Å²) in [7, 11) is 1.56.